The molecule has 3 rings (SSSR count). The van der Waals surface area contributed by atoms with Gasteiger partial charge in [0.05, 0.1) is 6.42 Å². The van der Waals surface area contributed by atoms with E-state index in [9.17, 15) is 9.59 Å². The van der Waals surface area contributed by atoms with Crippen LogP contribution in [0.5, 0.6) is 0 Å². The summed E-state index contributed by atoms with van der Waals surface area (Å²) in [5.41, 5.74) is 1.93. The van der Waals surface area contributed by atoms with Crippen molar-refractivity contribution < 1.29 is 14.7 Å². The standard InChI is InChI=1S/C18H17N3O3/c22-17(23)9-11-21(12-14-6-2-1-3-7-14)18(24)15-13-20-10-5-4-8-16(20)19-15/h1-8,10,13H,9,11-12H2,(H,22,23). The Balaban J connectivity index is 1.85. The number of hydrogen-bond acceptors (Lipinski definition) is 3. The van der Waals surface area contributed by atoms with Crippen molar-refractivity contribution >= 4 is 17.5 Å². The van der Waals surface area contributed by atoms with Crippen LogP contribution in [0.4, 0.5) is 0 Å². The lowest BCUT2D eigenvalue weighted by Gasteiger charge is -2.21. The molecule has 0 bridgehead atoms. The molecule has 1 aromatic carbocycles. The molecule has 0 unspecified atom stereocenters. The van der Waals surface area contributed by atoms with Gasteiger partial charge in [-0.15, -0.1) is 0 Å². The van der Waals surface area contributed by atoms with Crippen LogP contribution in [-0.2, 0) is 11.3 Å². The number of carbonyl (C=O) groups is 2. The van der Waals surface area contributed by atoms with E-state index < -0.39 is 5.97 Å². The summed E-state index contributed by atoms with van der Waals surface area (Å²) in [5, 5.41) is 8.94. The number of carboxylic acid groups (broad SMARTS) is 1. The number of fused-ring (bicyclic) bond motifs is 1. The average molecular weight is 323 g/mol. The number of carbonyl (C=O) groups excluding carboxylic acids is 1. The Labute approximate surface area is 139 Å². The van der Waals surface area contributed by atoms with E-state index in [0.717, 1.165) is 5.56 Å². The number of rotatable bonds is 6. The summed E-state index contributed by atoms with van der Waals surface area (Å²) in [6.07, 6.45) is 3.38. The minimum Gasteiger partial charge on any atom is -0.481 e. The van der Waals surface area contributed by atoms with Crippen molar-refractivity contribution in [1.29, 1.82) is 0 Å². The maximum Gasteiger partial charge on any atom is 0.305 e. The van der Waals surface area contributed by atoms with E-state index in [1.165, 1.54) is 4.90 Å². The Hall–Kier alpha value is -3.15. The van der Waals surface area contributed by atoms with E-state index in [1.54, 1.807) is 10.6 Å². The predicted molar refractivity (Wildman–Crippen MR) is 88.6 cm³/mol. The highest BCUT2D eigenvalue weighted by Crippen LogP contribution is 2.12. The van der Waals surface area contributed by atoms with Crippen molar-refractivity contribution in [1.82, 2.24) is 14.3 Å². The number of amides is 1. The van der Waals surface area contributed by atoms with Gasteiger partial charge in [-0.25, -0.2) is 4.98 Å². The van der Waals surface area contributed by atoms with Gasteiger partial charge in [0, 0.05) is 25.5 Å². The second-order valence-corrected chi connectivity index (χ2v) is 5.45. The van der Waals surface area contributed by atoms with E-state index in [2.05, 4.69) is 4.98 Å². The van der Waals surface area contributed by atoms with Gasteiger partial charge < -0.3 is 14.4 Å². The highest BCUT2D eigenvalue weighted by Gasteiger charge is 2.20. The summed E-state index contributed by atoms with van der Waals surface area (Å²) < 4.78 is 1.77. The fourth-order valence-corrected chi connectivity index (χ4v) is 2.49. The molecule has 3 aromatic rings. The number of imidazole rings is 1. The lowest BCUT2D eigenvalue weighted by molar-refractivity contribution is -0.137. The Kier molecular flexibility index (Phi) is 4.56. The highest BCUT2D eigenvalue weighted by molar-refractivity contribution is 5.93. The smallest absolute Gasteiger partial charge is 0.305 e. The van der Waals surface area contributed by atoms with Gasteiger partial charge >= 0.3 is 5.97 Å². The molecule has 0 spiro atoms. The second kappa shape index (κ2) is 6.95. The number of hydrogen-bond donors (Lipinski definition) is 1. The van der Waals surface area contributed by atoms with Gasteiger partial charge in [0.1, 0.15) is 11.3 Å². The summed E-state index contributed by atoms with van der Waals surface area (Å²) in [5.74, 6) is -1.21. The molecule has 6 nitrogen and oxygen atoms in total. The van der Waals surface area contributed by atoms with Crippen molar-refractivity contribution in [2.45, 2.75) is 13.0 Å². The molecule has 1 N–H and O–H groups in total. The largest absolute Gasteiger partial charge is 0.481 e. The van der Waals surface area contributed by atoms with Crippen molar-refractivity contribution in [2.24, 2.45) is 0 Å². The first kappa shape index (κ1) is 15.7. The van der Waals surface area contributed by atoms with Gasteiger partial charge in [-0.2, -0.15) is 0 Å². The van der Waals surface area contributed by atoms with Crippen molar-refractivity contribution in [3.05, 3.63) is 72.2 Å². The highest BCUT2D eigenvalue weighted by atomic mass is 16.4. The second-order valence-electron chi connectivity index (χ2n) is 5.45. The molecule has 2 heterocycles. The number of nitrogens with zero attached hydrogens (tertiary/aromatic N) is 3. The molecule has 0 atom stereocenters. The first-order valence-corrected chi connectivity index (χ1v) is 7.62. The summed E-state index contributed by atoms with van der Waals surface area (Å²) in [4.78, 5) is 29.5. The van der Waals surface area contributed by atoms with Gasteiger partial charge in [-0.05, 0) is 17.7 Å². The molecular formula is C18H17N3O3. The van der Waals surface area contributed by atoms with Gasteiger partial charge in [-0.1, -0.05) is 36.4 Å². The van der Waals surface area contributed by atoms with Crippen LogP contribution in [0.3, 0.4) is 0 Å². The number of aliphatic carboxylic acids is 1. The van der Waals surface area contributed by atoms with Crippen molar-refractivity contribution in [3.63, 3.8) is 0 Å². The molecule has 0 aliphatic rings. The average Bonchev–Trinajstić information content (AvgIpc) is 3.03. The zero-order valence-corrected chi connectivity index (χ0v) is 13.0. The molecule has 6 heteroatoms. The third kappa shape index (κ3) is 3.60. The SMILES string of the molecule is O=C(O)CCN(Cc1ccccc1)C(=O)c1cn2ccccc2n1. The zero-order chi connectivity index (χ0) is 16.9. The molecule has 0 fully saturated rings. The molecule has 2 aromatic heterocycles. The van der Waals surface area contributed by atoms with Crippen LogP contribution < -0.4 is 0 Å². The van der Waals surface area contributed by atoms with Crippen LogP contribution in [-0.4, -0.2) is 37.8 Å². The van der Waals surface area contributed by atoms with Gasteiger partial charge in [0.15, 0.2) is 0 Å². The number of aromatic nitrogens is 2. The molecule has 0 radical (unpaired) electrons. The van der Waals surface area contributed by atoms with E-state index in [-0.39, 0.29) is 18.9 Å². The lowest BCUT2D eigenvalue weighted by atomic mass is 10.2. The van der Waals surface area contributed by atoms with Crippen LogP contribution in [0.1, 0.15) is 22.5 Å². The Morgan fingerprint density at radius 3 is 2.54 bits per heavy atom. The maximum absolute atomic E-state index is 12.8. The Morgan fingerprint density at radius 1 is 1.08 bits per heavy atom. The fourth-order valence-electron chi connectivity index (χ4n) is 2.49. The molecular weight excluding hydrogens is 306 g/mol. The molecule has 0 saturated heterocycles. The van der Waals surface area contributed by atoms with E-state index in [4.69, 9.17) is 5.11 Å². The molecule has 0 aliphatic heterocycles. The van der Waals surface area contributed by atoms with Crippen LogP contribution in [0, 0.1) is 0 Å². The zero-order valence-electron chi connectivity index (χ0n) is 13.0. The lowest BCUT2D eigenvalue weighted by Crippen LogP contribution is -2.32. The van der Waals surface area contributed by atoms with Crippen LogP contribution in [0.25, 0.3) is 5.65 Å². The quantitative estimate of drug-likeness (QED) is 0.756. The van der Waals surface area contributed by atoms with Gasteiger partial charge in [0.25, 0.3) is 5.91 Å². The van der Waals surface area contributed by atoms with Crippen LogP contribution >= 0.6 is 0 Å². The maximum atomic E-state index is 12.8. The normalized spacial score (nSPS) is 10.7. The summed E-state index contributed by atoms with van der Waals surface area (Å²) in [7, 11) is 0. The number of benzene rings is 1. The van der Waals surface area contributed by atoms with Gasteiger partial charge in [0.2, 0.25) is 0 Å². The molecule has 0 aliphatic carbocycles. The fraction of sp³-hybridized carbons (Fsp3) is 0.167. The Morgan fingerprint density at radius 2 is 1.83 bits per heavy atom. The Bertz CT molecular complexity index is 825. The first-order valence-electron chi connectivity index (χ1n) is 7.62. The van der Waals surface area contributed by atoms with Crippen molar-refractivity contribution in [3.8, 4) is 0 Å². The summed E-state index contributed by atoms with van der Waals surface area (Å²) in [6.45, 7) is 0.484. The monoisotopic (exact) mass is 323 g/mol. The van der Waals surface area contributed by atoms with E-state index in [0.29, 0.717) is 17.9 Å². The molecule has 1 amide bonds. The van der Waals surface area contributed by atoms with Crippen molar-refractivity contribution in [2.75, 3.05) is 6.54 Å². The molecule has 24 heavy (non-hydrogen) atoms. The number of pyridine rings is 1. The molecule has 122 valence electrons. The third-order valence-corrected chi connectivity index (χ3v) is 3.68. The third-order valence-electron chi connectivity index (χ3n) is 3.68. The first-order chi connectivity index (χ1) is 11.6. The summed E-state index contributed by atoms with van der Waals surface area (Å²) in [6, 6.07) is 15.0. The van der Waals surface area contributed by atoms with Crippen LogP contribution in [0.15, 0.2) is 60.9 Å². The minimum absolute atomic E-state index is 0.105. The van der Waals surface area contributed by atoms with Crippen LogP contribution in [0.2, 0.25) is 0 Å². The summed E-state index contributed by atoms with van der Waals surface area (Å²) >= 11 is 0. The predicted octanol–water partition coefficient (Wildman–Crippen LogP) is 2.45. The minimum atomic E-state index is -0.934. The van der Waals surface area contributed by atoms with E-state index >= 15 is 0 Å². The molecule has 0 saturated carbocycles. The van der Waals surface area contributed by atoms with E-state index in [1.807, 2.05) is 54.7 Å². The topological polar surface area (TPSA) is 74.9 Å². The van der Waals surface area contributed by atoms with Gasteiger partial charge in [-0.3, -0.25) is 9.59 Å². The number of carboxylic acids is 1.